The van der Waals surface area contributed by atoms with E-state index >= 15 is 0 Å². The number of rotatable bonds is 11. The summed E-state index contributed by atoms with van der Waals surface area (Å²) in [6, 6.07) is 10.1. The maximum atomic E-state index is 13.4. The van der Waals surface area contributed by atoms with Gasteiger partial charge in [0, 0.05) is 18.5 Å². The second-order valence-corrected chi connectivity index (χ2v) is 10.1. The third-order valence-electron chi connectivity index (χ3n) is 6.76. The van der Waals surface area contributed by atoms with Crippen LogP contribution >= 0.6 is 0 Å². The van der Waals surface area contributed by atoms with Crippen LogP contribution in [-0.4, -0.2) is 73.1 Å². The van der Waals surface area contributed by atoms with Crippen molar-refractivity contribution in [2.45, 2.75) is 52.2 Å². The van der Waals surface area contributed by atoms with E-state index in [1.807, 2.05) is 70.1 Å². The highest BCUT2D eigenvalue weighted by atomic mass is 16.5. The van der Waals surface area contributed by atoms with Crippen LogP contribution in [0, 0.1) is 0 Å². The molecule has 0 radical (unpaired) electrons. The Balaban J connectivity index is 1.80. The van der Waals surface area contributed by atoms with E-state index in [1.54, 1.807) is 11.0 Å². The van der Waals surface area contributed by atoms with Crippen LogP contribution in [0.25, 0.3) is 5.76 Å². The van der Waals surface area contributed by atoms with E-state index in [-0.39, 0.29) is 17.4 Å². The van der Waals surface area contributed by atoms with Crippen LogP contribution in [0.4, 0.5) is 0 Å². The second-order valence-electron chi connectivity index (χ2n) is 10.1. The molecular weight excluding hydrogens is 484 g/mol. The van der Waals surface area contributed by atoms with E-state index in [0.29, 0.717) is 48.8 Å². The monoisotopic (exact) mass is 522 g/mol. The molecular formula is C30H38N2O6. The van der Waals surface area contributed by atoms with Crippen molar-refractivity contribution in [2.24, 2.45) is 0 Å². The fourth-order valence-corrected chi connectivity index (χ4v) is 5.03. The first kappa shape index (κ1) is 27.5. The molecule has 2 aromatic rings. The number of carbonyl (C=O) groups is 2. The Morgan fingerprint density at radius 1 is 1.11 bits per heavy atom. The molecule has 0 aromatic heterocycles. The smallest absolute Gasteiger partial charge is 0.295 e. The zero-order chi connectivity index (χ0) is 27.4. The molecule has 2 aliphatic heterocycles. The minimum absolute atomic E-state index is 0.0510. The first-order valence-corrected chi connectivity index (χ1v) is 13.4. The molecule has 4 rings (SSSR count). The maximum Gasteiger partial charge on any atom is 0.295 e. The van der Waals surface area contributed by atoms with Crippen molar-refractivity contribution in [3.63, 3.8) is 0 Å². The molecule has 38 heavy (non-hydrogen) atoms. The minimum Gasteiger partial charge on any atom is -0.507 e. The van der Waals surface area contributed by atoms with Crippen molar-refractivity contribution in [1.82, 2.24) is 9.80 Å². The zero-order valence-corrected chi connectivity index (χ0v) is 23.0. The quantitative estimate of drug-likeness (QED) is 0.263. The molecule has 0 unspecified atom stereocenters. The van der Waals surface area contributed by atoms with Crippen LogP contribution in [-0.2, 0) is 16.0 Å². The fourth-order valence-electron chi connectivity index (χ4n) is 5.03. The Morgan fingerprint density at radius 2 is 1.89 bits per heavy atom. The van der Waals surface area contributed by atoms with Gasteiger partial charge in [0.2, 0.25) is 0 Å². The number of Topliss-reactive ketones (excluding diaryl/α,β-unsaturated/α-hetero) is 1. The lowest BCUT2D eigenvalue weighted by Crippen LogP contribution is -2.32. The Bertz CT molecular complexity index is 1220. The number of likely N-dealkylation sites (tertiary alicyclic amines) is 1. The van der Waals surface area contributed by atoms with Crippen molar-refractivity contribution < 1.29 is 28.9 Å². The number of hydrogen-bond acceptors (Lipinski definition) is 7. The molecule has 2 heterocycles. The van der Waals surface area contributed by atoms with E-state index in [9.17, 15) is 14.7 Å². The summed E-state index contributed by atoms with van der Waals surface area (Å²) in [5, 5.41) is 11.5. The fraction of sp³-hybridized carbons (Fsp3) is 0.467. The number of amides is 1. The highest BCUT2D eigenvalue weighted by Gasteiger charge is 2.46. The van der Waals surface area contributed by atoms with Gasteiger partial charge in [-0.3, -0.25) is 9.59 Å². The number of nitrogens with zero attached hydrogens (tertiary/aromatic N) is 2. The summed E-state index contributed by atoms with van der Waals surface area (Å²) in [5.74, 6) is 0.439. The number of carbonyl (C=O) groups excluding carboxylic acids is 2. The lowest BCUT2D eigenvalue weighted by Gasteiger charge is -2.26. The number of hydrogen-bond donors (Lipinski definition) is 1. The van der Waals surface area contributed by atoms with Crippen molar-refractivity contribution in [3.8, 4) is 17.2 Å². The molecule has 204 valence electrons. The number of benzene rings is 2. The molecule has 1 amide bonds. The SMILES string of the molecule is CCCOc1ccc([C@H]2C(=C(O)c3ccc4c(c3)C[C@@H](C)O4)C(=O)C(=O)N2CCCN(C)C)cc1OCC. The van der Waals surface area contributed by atoms with Crippen LogP contribution in [0.3, 0.4) is 0 Å². The van der Waals surface area contributed by atoms with Crippen molar-refractivity contribution >= 4 is 17.4 Å². The van der Waals surface area contributed by atoms with Gasteiger partial charge in [0.1, 0.15) is 17.6 Å². The first-order valence-electron chi connectivity index (χ1n) is 13.4. The summed E-state index contributed by atoms with van der Waals surface area (Å²) < 4.78 is 17.5. The molecule has 0 aliphatic carbocycles. The Labute approximate surface area is 224 Å². The van der Waals surface area contributed by atoms with E-state index in [0.717, 1.165) is 30.7 Å². The van der Waals surface area contributed by atoms with E-state index < -0.39 is 17.7 Å². The minimum atomic E-state index is -0.750. The lowest BCUT2D eigenvalue weighted by atomic mass is 9.94. The standard InChI is InChI=1S/C30H38N2O6/c1-6-15-37-24-12-9-20(18-25(24)36-7-2)27-26(29(34)30(35)32(27)14-8-13-31(4)5)28(33)21-10-11-23-22(17-21)16-19(3)38-23/h9-12,17-19,27,33H,6-8,13-16H2,1-5H3/t19-,27+/m1/s1. The predicted octanol–water partition coefficient (Wildman–Crippen LogP) is 4.57. The van der Waals surface area contributed by atoms with Crippen molar-refractivity contribution in [3.05, 3.63) is 58.7 Å². The van der Waals surface area contributed by atoms with Gasteiger partial charge in [-0.15, -0.1) is 0 Å². The highest BCUT2D eigenvalue weighted by Crippen LogP contribution is 2.43. The van der Waals surface area contributed by atoms with Crippen molar-refractivity contribution in [2.75, 3.05) is 40.4 Å². The van der Waals surface area contributed by atoms with Crippen LogP contribution in [0.2, 0.25) is 0 Å². The number of aliphatic hydroxyl groups excluding tert-OH is 1. The molecule has 8 nitrogen and oxygen atoms in total. The van der Waals surface area contributed by atoms with Gasteiger partial charge in [-0.25, -0.2) is 0 Å². The predicted molar refractivity (Wildman–Crippen MR) is 146 cm³/mol. The maximum absolute atomic E-state index is 13.4. The topological polar surface area (TPSA) is 88.5 Å². The third kappa shape index (κ3) is 5.65. The number of ketones is 1. The molecule has 2 aliphatic rings. The molecule has 0 spiro atoms. The average molecular weight is 523 g/mol. The molecule has 8 heteroatoms. The molecule has 1 N–H and O–H groups in total. The normalized spacial score (nSPS) is 20.1. The van der Waals surface area contributed by atoms with Gasteiger partial charge in [0.05, 0.1) is 24.8 Å². The van der Waals surface area contributed by atoms with Gasteiger partial charge in [-0.2, -0.15) is 0 Å². The summed E-state index contributed by atoms with van der Waals surface area (Å²) in [5.41, 5.74) is 2.22. The summed E-state index contributed by atoms with van der Waals surface area (Å²) in [6.07, 6.45) is 2.30. The van der Waals surface area contributed by atoms with Crippen molar-refractivity contribution in [1.29, 1.82) is 0 Å². The summed E-state index contributed by atoms with van der Waals surface area (Å²) in [6.45, 7) is 8.02. The zero-order valence-electron chi connectivity index (χ0n) is 23.0. The second kappa shape index (κ2) is 11.9. The Hall–Kier alpha value is -3.52. The Morgan fingerprint density at radius 3 is 2.61 bits per heavy atom. The largest absolute Gasteiger partial charge is 0.507 e. The van der Waals surface area contributed by atoms with Gasteiger partial charge in [-0.05, 0) is 88.8 Å². The first-order chi connectivity index (χ1) is 18.2. The Kier molecular flexibility index (Phi) is 8.62. The van der Waals surface area contributed by atoms with E-state index in [4.69, 9.17) is 14.2 Å². The number of aliphatic hydroxyl groups is 1. The molecule has 1 fully saturated rings. The molecule has 2 aromatic carbocycles. The molecule has 2 atom stereocenters. The molecule has 1 saturated heterocycles. The third-order valence-corrected chi connectivity index (χ3v) is 6.76. The molecule has 0 bridgehead atoms. The number of ether oxygens (including phenoxy) is 3. The average Bonchev–Trinajstić information content (AvgIpc) is 3.38. The van der Waals surface area contributed by atoms with Crippen LogP contribution in [0.15, 0.2) is 42.0 Å². The summed E-state index contributed by atoms with van der Waals surface area (Å²) in [7, 11) is 3.93. The summed E-state index contributed by atoms with van der Waals surface area (Å²) >= 11 is 0. The van der Waals surface area contributed by atoms with Gasteiger partial charge < -0.3 is 29.1 Å². The molecule has 0 saturated carbocycles. The van der Waals surface area contributed by atoms with Gasteiger partial charge in [0.25, 0.3) is 11.7 Å². The van der Waals surface area contributed by atoms with Gasteiger partial charge in [0.15, 0.2) is 11.5 Å². The van der Waals surface area contributed by atoms with E-state index in [1.165, 1.54) is 0 Å². The van der Waals surface area contributed by atoms with Gasteiger partial charge in [-0.1, -0.05) is 13.0 Å². The highest BCUT2D eigenvalue weighted by molar-refractivity contribution is 6.46. The van der Waals surface area contributed by atoms with Crippen LogP contribution in [0.5, 0.6) is 17.2 Å². The lowest BCUT2D eigenvalue weighted by molar-refractivity contribution is -0.139. The summed E-state index contributed by atoms with van der Waals surface area (Å²) in [4.78, 5) is 30.3. The van der Waals surface area contributed by atoms with Crippen LogP contribution < -0.4 is 14.2 Å². The van der Waals surface area contributed by atoms with Crippen LogP contribution in [0.1, 0.15) is 56.3 Å². The van der Waals surface area contributed by atoms with Gasteiger partial charge >= 0.3 is 0 Å². The number of fused-ring (bicyclic) bond motifs is 1. The van der Waals surface area contributed by atoms with E-state index in [2.05, 4.69) is 0 Å².